The third-order valence-corrected chi connectivity index (χ3v) is 3.26. The molecule has 0 fully saturated rings. The summed E-state index contributed by atoms with van der Waals surface area (Å²) in [7, 11) is 0. The first-order valence-corrected chi connectivity index (χ1v) is 6.40. The summed E-state index contributed by atoms with van der Waals surface area (Å²) in [5, 5.41) is 0.707. The van der Waals surface area contributed by atoms with Gasteiger partial charge in [-0.05, 0) is 38.2 Å². The summed E-state index contributed by atoms with van der Waals surface area (Å²) in [6.07, 6.45) is 0.113. The van der Waals surface area contributed by atoms with Crippen LogP contribution >= 0.6 is 23.8 Å². The first kappa shape index (κ1) is 12.6. The highest BCUT2D eigenvalue weighted by Crippen LogP contribution is 2.23. The highest BCUT2D eigenvalue weighted by atomic mass is 35.5. The van der Waals surface area contributed by atoms with Gasteiger partial charge in [0.15, 0.2) is 4.77 Å². The van der Waals surface area contributed by atoms with Crippen LogP contribution in [0.15, 0.2) is 18.2 Å². The zero-order valence-corrected chi connectivity index (χ0v) is 11.4. The summed E-state index contributed by atoms with van der Waals surface area (Å²) in [4.78, 5) is 3.15. The number of benzene rings is 1. The molecule has 0 saturated heterocycles. The van der Waals surface area contributed by atoms with E-state index in [0.717, 1.165) is 11.0 Å². The number of H-pyrrole nitrogens is 1. The van der Waals surface area contributed by atoms with Crippen LogP contribution in [0, 0.1) is 4.77 Å². The Kier molecular flexibility index (Phi) is 3.86. The number of fused-ring (bicyclic) bond motifs is 1. The van der Waals surface area contributed by atoms with Crippen molar-refractivity contribution in [1.82, 2.24) is 9.55 Å². The van der Waals surface area contributed by atoms with E-state index in [4.69, 9.17) is 28.6 Å². The van der Waals surface area contributed by atoms with E-state index < -0.39 is 0 Å². The molecule has 0 aliphatic carbocycles. The summed E-state index contributed by atoms with van der Waals surface area (Å²) < 4.78 is 8.21. The number of aromatic amines is 1. The molecule has 1 heterocycles. The maximum absolute atomic E-state index is 6.21. The molecular formula is C12H15ClN2OS. The molecule has 1 aromatic heterocycles. The van der Waals surface area contributed by atoms with Crippen LogP contribution in [0.4, 0.5) is 0 Å². The van der Waals surface area contributed by atoms with Crippen LogP contribution in [0.5, 0.6) is 0 Å². The number of nitrogens with one attached hydrogen (secondary N) is 1. The topological polar surface area (TPSA) is 29.9 Å². The maximum Gasteiger partial charge on any atom is 0.178 e. The minimum Gasteiger partial charge on any atom is -0.377 e. The van der Waals surface area contributed by atoms with Crippen LogP contribution in [-0.4, -0.2) is 22.3 Å². The number of imidazole rings is 1. The molecule has 5 heteroatoms. The van der Waals surface area contributed by atoms with Crippen molar-refractivity contribution in [2.45, 2.75) is 26.5 Å². The minimum atomic E-state index is 0.113. The molecule has 0 bridgehead atoms. The fourth-order valence-corrected chi connectivity index (χ4v) is 2.50. The van der Waals surface area contributed by atoms with Gasteiger partial charge in [-0.1, -0.05) is 17.7 Å². The van der Waals surface area contributed by atoms with Crippen molar-refractivity contribution in [3.8, 4) is 0 Å². The van der Waals surface area contributed by atoms with Gasteiger partial charge in [-0.2, -0.15) is 0 Å². The molecular weight excluding hydrogens is 256 g/mol. The first-order valence-electron chi connectivity index (χ1n) is 5.62. The van der Waals surface area contributed by atoms with Crippen LogP contribution in [0.1, 0.15) is 13.8 Å². The van der Waals surface area contributed by atoms with Gasteiger partial charge in [0.05, 0.1) is 28.7 Å². The molecule has 92 valence electrons. The van der Waals surface area contributed by atoms with Crippen LogP contribution in [0.3, 0.4) is 0 Å². The largest absolute Gasteiger partial charge is 0.377 e. The SMILES string of the molecule is CCOC(C)Cn1c(=S)[nH]c2cccc(Cl)c21. The number of hydrogen-bond acceptors (Lipinski definition) is 2. The van der Waals surface area contributed by atoms with Crippen molar-refractivity contribution >= 4 is 34.9 Å². The van der Waals surface area contributed by atoms with Crippen molar-refractivity contribution in [3.05, 3.63) is 28.0 Å². The lowest BCUT2D eigenvalue weighted by atomic mass is 10.3. The van der Waals surface area contributed by atoms with Gasteiger partial charge in [-0.3, -0.25) is 0 Å². The van der Waals surface area contributed by atoms with Crippen LogP contribution < -0.4 is 0 Å². The van der Waals surface area contributed by atoms with Gasteiger partial charge in [-0.15, -0.1) is 0 Å². The lowest BCUT2D eigenvalue weighted by Gasteiger charge is -2.13. The van der Waals surface area contributed by atoms with Gasteiger partial charge < -0.3 is 14.3 Å². The number of rotatable bonds is 4. The zero-order valence-electron chi connectivity index (χ0n) is 9.87. The molecule has 0 aliphatic rings. The van der Waals surface area contributed by atoms with Gasteiger partial charge in [0, 0.05) is 6.61 Å². The molecule has 1 aromatic carbocycles. The Hall–Kier alpha value is -0.840. The highest BCUT2D eigenvalue weighted by molar-refractivity contribution is 7.71. The molecule has 0 aliphatic heterocycles. The predicted molar refractivity (Wildman–Crippen MR) is 73.2 cm³/mol. The number of para-hydroxylation sites is 1. The molecule has 1 N–H and O–H groups in total. The number of ether oxygens (including phenoxy) is 1. The molecule has 0 amide bonds. The smallest absolute Gasteiger partial charge is 0.178 e. The molecule has 1 unspecified atom stereocenters. The van der Waals surface area contributed by atoms with E-state index in [1.165, 1.54) is 0 Å². The fourth-order valence-electron chi connectivity index (χ4n) is 1.94. The summed E-state index contributed by atoms with van der Waals surface area (Å²) in [5.74, 6) is 0. The molecule has 17 heavy (non-hydrogen) atoms. The van der Waals surface area contributed by atoms with Crippen molar-refractivity contribution in [2.24, 2.45) is 0 Å². The Labute approximate surface area is 110 Å². The van der Waals surface area contributed by atoms with E-state index in [-0.39, 0.29) is 6.10 Å². The fraction of sp³-hybridized carbons (Fsp3) is 0.417. The number of aromatic nitrogens is 2. The second-order valence-electron chi connectivity index (χ2n) is 3.94. The predicted octanol–water partition coefficient (Wildman–Crippen LogP) is 3.78. The summed E-state index contributed by atoms with van der Waals surface area (Å²) in [5.41, 5.74) is 1.91. The Morgan fingerprint density at radius 3 is 3.00 bits per heavy atom. The van der Waals surface area contributed by atoms with Crippen LogP contribution in [-0.2, 0) is 11.3 Å². The average Bonchev–Trinajstić information content (AvgIpc) is 2.57. The van der Waals surface area contributed by atoms with E-state index in [1.807, 2.05) is 36.6 Å². The van der Waals surface area contributed by atoms with Crippen LogP contribution in [0.25, 0.3) is 11.0 Å². The van der Waals surface area contributed by atoms with Crippen molar-refractivity contribution in [2.75, 3.05) is 6.61 Å². The van der Waals surface area contributed by atoms with E-state index >= 15 is 0 Å². The average molecular weight is 271 g/mol. The Balaban J connectivity index is 2.46. The second kappa shape index (κ2) is 5.21. The summed E-state index contributed by atoms with van der Waals surface area (Å²) in [6.45, 7) is 5.42. The Bertz CT molecular complexity index is 575. The summed E-state index contributed by atoms with van der Waals surface area (Å²) in [6, 6.07) is 5.75. The van der Waals surface area contributed by atoms with Crippen LogP contribution in [0.2, 0.25) is 5.02 Å². The molecule has 1 atom stereocenters. The van der Waals surface area contributed by atoms with Gasteiger partial charge in [0.2, 0.25) is 0 Å². The number of nitrogens with zero attached hydrogens (tertiary/aromatic N) is 1. The summed E-state index contributed by atoms with van der Waals surface area (Å²) >= 11 is 11.5. The number of halogens is 1. The molecule has 0 radical (unpaired) electrons. The van der Waals surface area contributed by atoms with Gasteiger partial charge in [-0.25, -0.2) is 0 Å². The number of hydrogen-bond donors (Lipinski definition) is 1. The molecule has 0 saturated carbocycles. The second-order valence-corrected chi connectivity index (χ2v) is 4.74. The molecule has 2 aromatic rings. The van der Waals surface area contributed by atoms with Gasteiger partial charge in [0.25, 0.3) is 0 Å². The normalized spacial score (nSPS) is 13.1. The third-order valence-electron chi connectivity index (χ3n) is 2.63. The van der Waals surface area contributed by atoms with E-state index in [1.54, 1.807) is 0 Å². The molecule has 3 nitrogen and oxygen atoms in total. The molecule has 2 rings (SSSR count). The van der Waals surface area contributed by atoms with Crippen molar-refractivity contribution in [3.63, 3.8) is 0 Å². The first-order chi connectivity index (χ1) is 8.13. The van der Waals surface area contributed by atoms with E-state index in [9.17, 15) is 0 Å². The van der Waals surface area contributed by atoms with Gasteiger partial charge in [0.1, 0.15) is 0 Å². The maximum atomic E-state index is 6.21. The lowest BCUT2D eigenvalue weighted by molar-refractivity contribution is 0.0645. The Morgan fingerprint density at radius 2 is 2.29 bits per heavy atom. The zero-order chi connectivity index (χ0) is 12.4. The van der Waals surface area contributed by atoms with Gasteiger partial charge >= 0.3 is 0 Å². The van der Waals surface area contributed by atoms with E-state index in [2.05, 4.69) is 4.98 Å². The monoisotopic (exact) mass is 270 g/mol. The quantitative estimate of drug-likeness (QED) is 0.857. The highest BCUT2D eigenvalue weighted by Gasteiger charge is 2.10. The molecule has 0 spiro atoms. The standard InChI is InChI=1S/C12H15ClN2OS/c1-3-16-8(2)7-15-11-9(13)5-4-6-10(11)14-12(15)17/h4-6,8H,3,7H2,1-2H3,(H,14,17). The van der Waals surface area contributed by atoms with Crippen molar-refractivity contribution < 1.29 is 4.74 Å². The minimum absolute atomic E-state index is 0.113. The van der Waals surface area contributed by atoms with Crippen molar-refractivity contribution in [1.29, 1.82) is 0 Å². The van der Waals surface area contributed by atoms with E-state index in [0.29, 0.717) is 22.9 Å². The lowest BCUT2D eigenvalue weighted by Crippen LogP contribution is -2.16. The Morgan fingerprint density at radius 1 is 1.53 bits per heavy atom. The third kappa shape index (κ3) is 2.54.